The van der Waals surface area contributed by atoms with Gasteiger partial charge in [-0.2, -0.15) is 0 Å². The zero-order valence-electron chi connectivity index (χ0n) is 12.1. The van der Waals surface area contributed by atoms with Crippen LogP contribution in [0, 0.1) is 0 Å². The lowest BCUT2D eigenvalue weighted by molar-refractivity contribution is 0.354. The van der Waals surface area contributed by atoms with Crippen molar-refractivity contribution in [2.45, 2.75) is 19.0 Å². The molecule has 0 radical (unpaired) electrons. The molecular weight excluding hydrogens is 250 g/mol. The van der Waals surface area contributed by atoms with Crippen molar-refractivity contribution in [3.05, 3.63) is 59.2 Å². The molecule has 0 fully saturated rings. The lowest BCUT2D eigenvalue weighted by atomic mass is 9.85. The number of hydrogen-bond donors (Lipinski definition) is 1. The Morgan fingerprint density at radius 3 is 2.30 bits per heavy atom. The number of benzene rings is 2. The molecule has 20 heavy (non-hydrogen) atoms. The summed E-state index contributed by atoms with van der Waals surface area (Å²) < 4.78 is 10.8. The first-order chi connectivity index (χ1) is 9.69. The second-order valence-electron chi connectivity index (χ2n) is 5.21. The summed E-state index contributed by atoms with van der Waals surface area (Å²) in [5, 5.41) is 3.61. The Morgan fingerprint density at radius 1 is 1.00 bits per heavy atom. The fourth-order valence-corrected chi connectivity index (χ4v) is 2.93. The molecule has 1 N–H and O–H groups in total. The number of nitrogens with one attached hydrogen (secondary N) is 1. The molecule has 1 heterocycles. The summed E-state index contributed by atoms with van der Waals surface area (Å²) in [6.07, 6.45) is 0. The third kappa shape index (κ3) is 1.86. The largest absolute Gasteiger partial charge is 0.493 e. The lowest BCUT2D eigenvalue weighted by Crippen LogP contribution is -2.34. The van der Waals surface area contributed by atoms with Gasteiger partial charge in [0.1, 0.15) is 0 Å². The minimum atomic E-state index is -0.184. The molecule has 3 nitrogen and oxygen atoms in total. The minimum absolute atomic E-state index is 0.184. The lowest BCUT2D eigenvalue weighted by Gasteiger charge is -2.27. The third-order valence-corrected chi connectivity index (χ3v) is 4.13. The predicted octanol–water partition coefficient (Wildman–Crippen LogP) is 3.07. The molecule has 0 spiro atoms. The van der Waals surface area contributed by atoms with Crippen LogP contribution in [0.1, 0.15) is 23.6 Å². The maximum Gasteiger partial charge on any atom is 0.161 e. The zero-order chi connectivity index (χ0) is 14.2. The van der Waals surface area contributed by atoms with Gasteiger partial charge in [0.05, 0.1) is 19.8 Å². The molecule has 104 valence electrons. The molecule has 2 aromatic rings. The van der Waals surface area contributed by atoms with Crippen LogP contribution in [0.15, 0.2) is 42.5 Å². The van der Waals surface area contributed by atoms with E-state index in [4.69, 9.17) is 9.47 Å². The predicted molar refractivity (Wildman–Crippen MR) is 79.3 cm³/mol. The van der Waals surface area contributed by atoms with Crippen molar-refractivity contribution in [2.24, 2.45) is 0 Å². The average molecular weight is 269 g/mol. The van der Waals surface area contributed by atoms with E-state index in [9.17, 15) is 0 Å². The van der Waals surface area contributed by atoms with Gasteiger partial charge in [0, 0.05) is 6.54 Å². The minimum Gasteiger partial charge on any atom is -0.493 e. The molecule has 3 rings (SSSR count). The van der Waals surface area contributed by atoms with Crippen LogP contribution in [0.4, 0.5) is 0 Å². The van der Waals surface area contributed by atoms with Gasteiger partial charge in [-0.15, -0.1) is 0 Å². The van der Waals surface area contributed by atoms with Crippen molar-refractivity contribution in [1.82, 2.24) is 5.32 Å². The topological polar surface area (TPSA) is 30.5 Å². The summed E-state index contributed by atoms with van der Waals surface area (Å²) in [5.41, 5.74) is 3.58. The molecule has 0 aliphatic carbocycles. The van der Waals surface area contributed by atoms with Crippen LogP contribution in [0.2, 0.25) is 0 Å². The van der Waals surface area contributed by atoms with E-state index in [1.807, 2.05) is 6.07 Å². The summed E-state index contributed by atoms with van der Waals surface area (Å²) in [4.78, 5) is 0. The van der Waals surface area contributed by atoms with Crippen LogP contribution in [-0.4, -0.2) is 14.2 Å². The molecule has 3 heteroatoms. The van der Waals surface area contributed by atoms with Crippen LogP contribution < -0.4 is 14.8 Å². The van der Waals surface area contributed by atoms with Gasteiger partial charge in [-0.05, 0) is 35.7 Å². The van der Waals surface area contributed by atoms with Gasteiger partial charge < -0.3 is 9.47 Å². The Bertz CT molecular complexity index is 624. The molecule has 0 saturated heterocycles. The van der Waals surface area contributed by atoms with Gasteiger partial charge in [-0.1, -0.05) is 30.3 Å². The first kappa shape index (κ1) is 13.0. The van der Waals surface area contributed by atoms with Gasteiger partial charge in [-0.3, -0.25) is 5.32 Å². The van der Waals surface area contributed by atoms with E-state index < -0.39 is 0 Å². The fourth-order valence-electron chi connectivity index (χ4n) is 2.93. The van der Waals surface area contributed by atoms with E-state index in [1.54, 1.807) is 14.2 Å². The van der Waals surface area contributed by atoms with Crippen molar-refractivity contribution in [1.29, 1.82) is 0 Å². The Kier molecular flexibility index (Phi) is 3.14. The van der Waals surface area contributed by atoms with Crippen LogP contribution >= 0.6 is 0 Å². The van der Waals surface area contributed by atoms with Crippen molar-refractivity contribution in [2.75, 3.05) is 14.2 Å². The molecule has 1 atom stereocenters. The third-order valence-electron chi connectivity index (χ3n) is 4.13. The van der Waals surface area contributed by atoms with Gasteiger partial charge >= 0.3 is 0 Å². The van der Waals surface area contributed by atoms with E-state index in [0.29, 0.717) is 0 Å². The quantitative estimate of drug-likeness (QED) is 0.929. The van der Waals surface area contributed by atoms with Crippen molar-refractivity contribution >= 4 is 0 Å². The Balaban J connectivity index is 2.14. The zero-order valence-corrected chi connectivity index (χ0v) is 12.1. The van der Waals surface area contributed by atoms with E-state index in [1.165, 1.54) is 16.7 Å². The first-order valence-corrected chi connectivity index (χ1v) is 6.75. The monoisotopic (exact) mass is 269 g/mol. The Hall–Kier alpha value is -2.00. The van der Waals surface area contributed by atoms with Gasteiger partial charge in [0.15, 0.2) is 11.5 Å². The number of methoxy groups -OCH3 is 2. The number of hydrogen-bond acceptors (Lipinski definition) is 3. The molecule has 2 aromatic carbocycles. The molecule has 0 saturated carbocycles. The highest BCUT2D eigenvalue weighted by atomic mass is 16.5. The number of fused-ring (bicyclic) bond motifs is 1. The number of rotatable bonds is 3. The highest BCUT2D eigenvalue weighted by Crippen LogP contribution is 2.42. The highest BCUT2D eigenvalue weighted by molar-refractivity contribution is 5.54. The Morgan fingerprint density at radius 2 is 1.65 bits per heavy atom. The van der Waals surface area contributed by atoms with E-state index in [-0.39, 0.29) is 5.54 Å². The van der Waals surface area contributed by atoms with Crippen molar-refractivity contribution in [3.63, 3.8) is 0 Å². The molecule has 0 amide bonds. The summed E-state index contributed by atoms with van der Waals surface area (Å²) in [6.45, 7) is 3.04. The van der Waals surface area contributed by atoms with Gasteiger partial charge in [0.2, 0.25) is 0 Å². The standard InChI is InChI=1S/C17H19NO2/c1-17(13-7-5-4-6-8-13)14-10-16(20-3)15(19-2)9-12(14)11-18-17/h4-10,18H,11H2,1-3H3. The van der Waals surface area contributed by atoms with Crippen molar-refractivity contribution < 1.29 is 9.47 Å². The number of ether oxygens (including phenoxy) is 2. The van der Waals surface area contributed by atoms with E-state index in [2.05, 4.69) is 48.6 Å². The summed E-state index contributed by atoms with van der Waals surface area (Å²) in [5.74, 6) is 1.56. The summed E-state index contributed by atoms with van der Waals surface area (Å²) in [7, 11) is 3.34. The second kappa shape index (κ2) is 4.84. The maximum atomic E-state index is 5.44. The normalized spacial score (nSPS) is 20.6. The maximum absolute atomic E-state index is 5.44. The second-order valence-corrected chi connectivity index (χ2v) is 5.21. The van der Waals surface area contributed by atoms with Crippen LogP contribution in [0.25, 0.3) is 0 Å². The van der Waals surface area contributed by atoms with Crippen LogP contribution in [0.5, 0.6) is 11.5 Å². The first-order valence-electron chi connectivity index (χ1n) is 6.75. The fraction of sp³-hybridized carbons (Fsp3) is 0.294. The Labute approximate surface area is 119 Å². The smallest absolute Gasteiger partial charge is 0.161 e. The molecule has 1 unspecified atom stereocenters. The highest BCUT2D eigenvalue weighted by Gasteiger charge is 2.36. The van der Waals surface area contributed by atoms with Crippen molar-refractivity contribution in [3.8, 4) is 11.5 Å². The van der Waals surface area contributed by atoms with Crippen LogP contribution in [0.3, 0.4) is 0 Å². The molecule has 1 aliphatic heterocycles. The molecule has 0 aromatic heterocycles. The summed E-state index contributed by atoms with van der Waals surface area (Å²) in [6, 6.07) is 14.6. The summed E-state index contributed by atoms with van der Waals surface area (Å²) >= 11 is 0. The van der Waals surface area contributed by atoms with E-state index in [0.717, 1.165) is 18.0 Å². The molecular formula is C17H19NO2. The average Bonchev–Trinajstić information content (AvgIpc) is 2.84. The SMILES string of the molecule is COc1cc2c(cc1OC)C(C)(c1ccccc1)NC2. The van der Waals surface area contributed by atoms with E-state index >= 15 is 0 Å². The van der Waals surface area contributed by atoms with Crippen LogP contribution in [-0.2, 0) is 12.1 Å². The molecule has 1 aliphatic rings. The van der Waals surface area contributed by atoms with Gasteiger partial charge in [-0.25, -0.2) is 0 Å². The van der Waals surface area contributed by atoms with Gasteiger partial charge in [0.25, 0.3) is 0 Å². The molecule has 0 bridgehead atoms.